The highest BCUT2D eigenvalue weighted by Crippen LogP contribution is 2.58. The average molecular weight is 1130 g/mol. The van der Waals surface area contributed by atoms with E-state index < -0.39 is 0 Å². The molecule has 0 unspecified atom stereocenters. The van der Waals surface area contributed by atoms with Crippen LogP contribution in [0.2, 0.25) is 0 Å². The van der Waals surface area contributed by atoms with E-state index in [0.717, 1.165) is 29.9 Å². The minimum absolute atomic E-state index is 0.000573. The molecule has 0 spiro atoms. The second-order valence-corrected chi connectivity index (χ2v) is 31.6. The van der Waals surface area contributed by atoms with E-state index in [2.05, 4.69) is 308 Å². The Morgan fingerprint density at radius 3 is 1.66 bits per heavy atom. The van der Waals surface area contributed by atoms with Crippen molar-refractivity contribution in [1.29, 1.82) is 0 Å². The van der Waals surface area contributed by atoms with Crippen LogP contribution in [0.1, 0.15) is 187 Å². The summed E-state index contributed by atoms with van der Waals surface area (Å²) in [5, 5.41) is 0. The zero-order valence-corrected chi connectivity index (χ0v) is 54.5. The van der Waals surface area contributed by atoms with E-state index in [-0.39, 0.29) is 44.8 Å². The van der Waals surface area contributed by atoms with Gasteiger partial charge in [0, 0.05) is 56.5 Å². The minimum Gasteiger partial charge on any atom is -0.376 e. The third kappa shape index (κ3) is 8.72. The van der Waals surface area contributed by atoms with Crippen LogP contribution in [-0.2, 0) is 37.9 Å². The molecule has 434 valence electrons. The molecule has 2 heterocycles. The van der Waals surface area contributed by atoms with Crippen molar-refractivity contribution in [2.75, 3.05) is 14.6 Å². The molecule has 2 aliphatic heterocycles. The van der Waals surface area contributed by atoms with E-state index in [9.17, 15) is 0 Å². The SMILES string of the molecule is Cc1cc2c(cc1N1c3ccc(N(c4ccc(C(C)(C)C)cc4)c4cccc(C(C)(C)C)c4)cc3B3c4c(cc(-c5ccccc5)cc41)-c1cc4c(cc1N3c1ccc3c(c1)C(C)(C)CCC3(C)C)-c1ccccc1C4(C)C)C(C)(C)CCC2(C)C. The number of aryl methyl sites for hydroxylation is 1. The number of benzene rings is 9. The molecule has 4 heteroatoms. The van der Waals surface area contributed by atoms with Crippen LogP contribution >= 0.6 is 0 Å². The van der Waals surface area contributed by atoms with Crippen molar-refractivity contribution in [2.24, 2.45) is 0 Å². The quantitative estimate of drug-likeness (QED) is 0.154. The Labute approximate surface area is 515 Å². The van der Waals surface area contributed by atoms with Crippen molar-refractivity contribution in [2.45, 2.75) is 181 Å². The van der Waals surface area contributed by atoms with Gasteiger partial charge in [0.1, 0.15) is 0 Å². The van der Waals surface area contributed by atoms with Crippen LogP contribution in [0.25, 0.3) is 33.4 Å². The summed E-state index contributed by atoms with van der Waals surface area (Å²) >= 11 is 0. The Hall–Kier alpha value is -7.56. The first-order valence-electron chi connectivity index (χ1n) is 32.1. The van der Waals surface area contributed by atoms with Gasteiger partial charge in [0.05, 0.1) is 0 Å². The Balaban J connectivity index is 1.13. The van der Waals surface area contributed by atoms with Gasteiger partial charge in [-0.3, -0.25) is 0 Å². The molecular weight excluding hydrogens is 1040 g/mol. The van der Waals surface area contributed by atoms with Crippen LogP contribution in [0, 0.1) is 6.92 Å². The molecule has 0 fully saturated rings. The summed E-state index contributed by atoms with van der Waals surface area (Å²) in [6.45, 7) is 40.8. The Morgan fingerprint density at radius 2 is 0.988 bits per heavy atom. The summed E-state index contributed by atoms with van der Waals surface area (Å²) in [4.78, 5) is 8.06. The molecular formula is C82H88BN3. The second kappa shape index (κ2) is 19.0. The van der Waals surface area contributed by atoms with Gasteiger partial charge in [-0.2, -0.15) is 0 Å². The molecule has 86 heavy (non-hydrogen) atoms. The van der Waals surface area contributed by atoms with E-state index in [1.165, 1.54) is 136 Å². The lowest BCUT2D eigenvalue weighted by molar-refractivity contribution is 0.332. The molecule has 0 bridgehead atoms. The highest BCUT2D eigenvalue weighted by atomic mass is 15.2. The molecule has 5 aliphatic rings. The maximum atomic E-state index is 2.81. The number of rotatable bonds is 6. The van der Waals surface area contributed by atoms with Crippen LogP contribution in [-0.4, -0.2) is 6.85 Å². The Bertz CT molecular complexity index is 4250. The van der Waals surface area contributed by atoms with Gasteiger partial charge in [-0.25, -0.2) is 0 Å². The Kier molecular flexibility index (Phi) is 12.4. The first-order valence-corrected chi connectivity index (χ1v) is 32.1. The largest absolute Gasteiger partial charge is 0.376 e. The highest BCUT2D eigenvalue weighted by Gasteiger charge is 2.49. The highest BCUT2D eigenvalue weighted by molar-refractivity contribution is 6.93. The van der Waals surface area contributed by atoms with Crippen LogP contribution in [0.4, 0.5) is 45.5 Å². The molecule has 0 saturated carbocycles. The third-order valence-corrected chi connectivity index (χ3v) is 21.6. The number of anilines is 8. The van der Waals surface area contributed by atoms with Crippen molar-refractivity contribution < 1.29 is 0 Å². The van der Waals surface area contributed by atoms with Gasteiger partial charge in [-0.15, -0.1) is 0 Å². The number of hydrogen-bond acceptors (Lipinski definition) is 3. The minimum atomic E-state index is -0.219. The first-order chi connectivity index (χ1) is 40.5. The summed E-state index contributed by atoms with van der Waals surface area (Å²) < 4.78 is 0. The zero-order valence-electron chi connectivity index (χ0n) is 54.5. The van der Waals surface area contributed by atoms with Crippen molar-refractivity contribution in [3.63, 3.8) is 0 Å². The molecule has 9 aromatic carbocycles. The lowest BCUT2D eigenvalue weighted by Crippen LogP contribution is -2.61. The summed E-state index contributed by atoms with van der Waals surface area (Å²) in [5.74, 6) is 0. The fourth-order valence-corrected chi connectivity index (χ4v) is 16.0. The smallest absolute Gasteiger partial charge is 0.333 e. The number of fused-ring (bicyclic) bond motifs is 9. The van der Waals surface area contributed by atoms with Gasteiger partial charge < -0.3 is 14.6 Å². The number of hydrogen-bond donors (Lipinski definition) is 0. The maximum Gasteiger partial charge on any atom is 0.333 e. The topological polar surface area (TPSA) is 9.72 Å². The van der Waals surface area contributed by atoms with E-state index in [4.69, 9.17) is 0 Å². The summed E-state index contributed by atoms with van der Waals surface area (Å²) in [7, 11) is 0. The lowest BCUT2D eigenvalue weighted by atomic mass is 9.43. The summed E-state index contributed by atoms with van der Waals surface area (Å²) in [6.07, 6.45) is 4.62. The molecule has 0 amide bonds. The summed E-state index contributed by atoms with van der Waals surface area (Å²) in [6, 6.07) is 69.8. The van der Waals surface area contributed by atoms with E-state index in [1.54, 1.807) is 0 Å². The van der Waals surface area contributed by atoms with Crippen molar-refractivity contribution in [3.8, 4) is 33.4 Å². The van der Waals surface area contributed by atoms with Crippen LogP contribution in [0.15, 0.2) is 176 Å². The molecule has 0 N–H and O–H groups in total. The molecule has 3 nitrogen and oxygen atoms in total. The van der Waals surface area contributed by atoms with Crippen molar-refractivity contribution in [3.05, 3.63) is 226 Å². The molecule has 9 aromatic rings. The monoisotopic (exact) mass is 1130 g/mol. The van der Waals surface area contributed by atoms with Gasteiger partial charge in [-0.05, 0) is 239 Å². The van der Waals surface area contributed by atoms with E-state index in [0.29, 0.717) is 0 Å². The molecule has 0 aromatic heterocycles. The fraction of sp³-hybridized carbons (Fsp3) is 0.341. The summed E-state index contributed by atoms with van der Waals surface area (Å²) in [5.41, 5.74) is 32.5. The lowest BCUT2D eigenvalue weighted by Gasteiger charge is -2.48. The van der Waals surface area contributed by atoms with E-state index in [1.807, 2.05) is 0 Å². The standard InChI is InChI=1S/C82H88BN3/c1-51-42-67-69(81(14,15)41-40-79(67,10)11)50-72(51)85-71-37-35-58(84(56-32-30-54(31-33-56)76(2,3)4)57-27-23-26-55(45-57)77(5,6)7)47-70(71)83-75-63(43-53(44-74(75)85)52-24-19-18-20-25-52)62-48-66-61(60-28-21-22-29-64(60)82(66,16)17)49-73(62)86(83)59-34-36-65-68(46-59)80(12,13)39-38-78(65,8)9/h18-37,42-50H,38-41H2,1-17H3. The molecule has 0 radical (unpaired) electrons. The Morgan fingerprint density at radius 1 is 0.384 bits per heavy atom. The van der Waals surface area contributed by atoms with Gasteiger partial charge in [0.2, 0.25) is 0 Å². The molecule has 3 aliphatic carbocycles. The predicted molar refractivity (Wildman–Crippen MR) is 371 cm³/mol. The van der Waals surface area contributed by atoms with E-state index >= 15 is 0 Å². The maximum absolute atomic E-state index is 2.81. The molecule has 0 saturated heterocycles. The third-order valence-electron chi connectivity index (χ3n) is 21.6. The van der Waals surface area contributed by atoms with Crippen LogP contribution in [0.5, 0.6) is 0 Å². The first kappa shape index (κ1) is 56.3. The van der Waals surface area contributed by atoms with Gasteiger partial charge in [0.25, 0.3) is 0 Å². The van der Waals surface area contributed by atoms with Gasteiger partial charge in [-0.1, -0.05) is 202 Å². The van der Waals surface area contributed by atoms with Crippen molar-refractivity contribution >= 4 is 63.3 Å². The fourth-order valence-electron chi connectivity index (χ4n) is 16.0. The number of nitrogens with zero attached hydrogens (tertiary/aromatic N) is 3. The second-order valence-electron chi connectivity index (χ2n) is 31.6. The molecule has 14 rings (SSSR count). The normalized spacial score (nSPS) is 17.8. The van der Waals surface area contributed by atoms with Crippen molar-refractivity contribution in [1.82, 2.24) is 0 Å². The molecule has 0 atom stereocenters. The van der Waals surface area contributed by atoms with Crippen LogP contribution < -0.4 is 25.5 Å². The van der Waals surface area contributed by atoms with Gasteiger partial charge >= 0.3 is 6.85 Å². The van der Waals surface area contributed by atoms with Gasteiger partial charge in [0.15, 0.2) is 0 Å². The average Bonchev–Trinajstić information content (AvgIpc) is 1.04. The van der Waals surface area contributed by atoms with Crippen LogP contribution in [0.3, 0.4) is 0 Å². The predicted octanol–water partition coefficient (Wildman–Crippen LogP) is 21.4. The zero-order chi connectivity index (χ0) is 60.6.